The van der Waals surface area contributed by atoms with Gasteiger partial charge in [-0.15, -0.1) is 0 Å². The van der Waals surface area contributed by atoms with E-state index < -0.39 is 5.76 Å². The third-order valence-corrected chi connectivity index (χ3v) is 3.54. The quantitative estimate of drug-likeness (QED) is 0.880. The molecule has 2 aromatic rings. The van der Waals surface area contributed by atoms with Crippen molar-refractivity contribution >= 4 is 11.1 Å². The Labute approximate surface area is 112 Å². The predicted octanol–water partition coefficient (Wildman–Crippen LogP) is 1.71. The van der Waals surface area contributed by atoms with Gasteiger partial charge in [-0.3, -0.25) is 4.98 Å². The lowest BCUT2D eigenvalue weighted by Crippen LogP contribution is -2.38. The molecule has 5 heteroatoms. The molecule has 0 saturated heterocycles. The summed E-state index contributed by atoms with van der Waals surface area (Å²) < 4.78 is 5.12. The summed E-state index contributed by atoms with van der Waals surface area (Å²) in [5.41, 5.74) is 8.22. The number of nitrogens with two attached hydrogens (primary N) is 1. The van der Waals surface area contributed by atoms with Crippen molar-refractivity contribution in [2.45, 2.75) is 19.9 Å². The molecule has 0 spiro atoms. The molecular weight excluding hydrogens is 242 g/mol. The van der Waals surface area contributed by atoms with Crippen molar-refractivity contribution in [3.05, 3.63) is 34.3 Å². The van der Waals surface area contributed by atoms with Gasteiger partial charge in [-0.2, -0.15) is 0 Å². The van der Waals surface area contributed by atoms with Crippen LogP contribution in [0.3, 0.4) is 0 Å². The lowest BCUT2D eigenvalue weighted by Gasteiger charge is -2.38. The first-order valence-corrected chi connectivity index (χ1v) is 6.34. The molecule has 0 fully saturated rings. The van der Waals surface area contributed by atoms with E-state index in [4.69, 9.17) is 10.2 Å². The number of rotatable bonds is 4. The number of oxazole rings is 1. The van der Waals surface area contributed by atoms with Crippen LogP contribution in [0.2, 0.25) is 0 Å². The van der Waals surface area contributed by atoms with Gasteiger partial charge in [-0.05, 0) is 43.8 Å². The topological polar surface area (TPSA) is 75.3 Å². The number of nitrogens with zero attached hydrogens (tertiary/aromatic N) is 1. The first-order chi connectivity index (χ1) is 8.85. The molecule has 0 aliphatic rings. The van der Waals surface area contributed by atoms with E-state index in [2.05, 4.69) is 23.7 Å². The molecule has 0 bridgehead atoms. The van der Waals surface area contributed by atoms with Gasteiger partial charge in [0.05, 0.1) is 5.52 Å². The molecule has 0 aliphatic heterocycles. The molecule has 1 atom stereocenters. The molecule has 1 aromatic heterocycles. The van der Waals surface area contributed by atoms with Gasteiger partial charge in [0.15, 0.2) is 5.58 Å². The Morgan fingerprint density at radius 1 is 1.42 bits per heavy atom. The number of fused-ring (bicyclic) bond motifs is 1. The average Bonchev–Trinajstić information content (AvgIpc) is 2.67. The molecule has 0 aliphatic carbocycles. The Hall–Kier alpha value is -1.59. The van der Waals surface area contributed by atoms with Crippen molar-refractivity contribution in [2.24, 2.45) is 11.1 Å². The lowest BCUT2D eigenvalue weighted by atomic mass is 9.80. The summed E-state index contributed by atoms with van der Waals surface area (Å²) >= 11 is 0. The van der Waals surface area contributed by atoms with Crippen LogP contribution in [0, 0.1) is 5.41 Å². The second kappa shape index (κ2) is 4.83. The highest BCUT2D eigenvalue weighted by atomic mass is 16.4. The fourth-order valence-corrected chi connectivity index (χ4v) is 2.69. The maximum atomic E-state index is 11.2. The molecule has 19 heavy (non-hydrogen) atoms. The van der Waals surface area contributed by atoms with E-state index in [1.165, 1.54) is 0 Å². The van der Waals surface area contributed by atoms with Crippen molar-refractivity contribution in [1.82, 2.24) is 9.88 Å². The molecule has 0 radical (unpaired) electrons. The third kappa shape index (κ3) is 2.57. The molecule has 1 aromatic carbocycles. The van der Waals surface area contributed by atoms with Gasteiger partial charge in [0.2, 0.25) is 0 Å². The predicted molar refractivity (Wildman–Crippen MR) is 76.1 cm³/mol. The molecule has 0 saturated carbocycles. The Bertz CT molecular complexity index is 625. The molecule has 1 heterocycles. The molecule has 104 valence electrons. The minimum Gasteiger partial charge on any atom is -0.408 e. The fraction of sp³-hybridized carbons (Fsp3) is 0.500. The van der Waals surface area contributed by atoms with E-state index in [1.807, 2.05) is 32.3 Å². The van der Waals surface area contributed by atoms with Crippen LogP contribution in [0.5, 0.6) is 0 Å². The van der Waals surface area contributed by atoms with Crippen molar-refractivity contribution < 1.29 is 4.42 Å². The number of aromatic amines is 1. The smallest absolute Gasteiger partial charge is 0.408 e. The van der Waals surface area contributed by atoms with Gasteiger partial charge >= 0.3 is 5.76 Å². The summed E-state index contributed by atoms with van der Waals surface area (Å²) in [5.74, 6) is -0.424. The third-order valence-electron chi connectivity index (χ3n) is 3.54. The van der Waals surface area contributed by atoms with E-state index in [-0.39, 0.29) is 11.5 Å². The summed E-state index contributed by atoms with van der Waals surface area (Å²) in [6, 6.07) is 5.95. The summed E-state index contributed by atoms with van der Waals surface area (Å²) in [4.78, 5) is 16.0. The van der Waals surface area contributed by atoms with Gasteiger partial charge in [0, 0.05) is 6.04 Å². The number of aromatic nitrogens is 1. The van der Waals surface area contributed by atoms with Crippen LogP contribution >= 0.6 is 0 Å². The van der Waals surface area contributed by atoms with E-state index in [9.17, 15) is 4.79 Å². The van der Waals surface area contributed by atoms with Crippen LogP contribution in [0.1, 0.15) is 25.5 Å². The van der Waals surface area contributed by atoms with Crippen LogP contribution in [0.15, 0.2) is 27.4 Å². The summed E-state index contributed by atoms with van der Waals surface area (Å²) in [7, 11) is 4.05. The highest BCUT2D eigenvalue weighted by molar-refractivity contribution is 5.72. The zero-order chi connectivity index (χ0) is 14.2. The normalized spacial score (nSPS) is 14.2. The number of hydrogen-bond acceptors (Lipinski definition) is 4. The average molecular weight is 263 g/mol. The van der Waals surface area contributed by atoms with E-state index in [0.717, 1.165) is 11.1 Å². The minimum atomic E-state index is -0.424. The van der Waals surface area contributed by atoms with E-state index >= 15 is 0 Å². The van der Waals surface area contributed by atoms with Crippen LogP contribution in [-0.4, -0.2) is 30.5 Å². The maximum absolute atomic E-state index is 11.2. The van der Waals surface area contributed by atoms with Gasteiger partial charge in [-0.25, -0.2) is 4.79 Å². The maximum Gasteiger partial charge on any atom is 0.417 e. The monoisotopic (exact) mass is 263 g/mol. The van der Waals surface area contributed by atoms with Gasteiger partial charge < -0.3 is 15.1 Å². The van der Waals surface area contributed by atoms with Crippen LogP contribution in [0.4, 0.5) is 0 Å². The van der Waals surface area contributed by atoms with Crippen LogP contribution in [-0.2, 0) is 0 Å². The molecule has 1 unspecified atom stereocenters. The number of hydrogen-bond donors (Lipinski definition) is 2. The van der Waals surface area contributed by atoms with Gasteiger partial charge in [0.1, 0.15) is 0 Å². The van der Waals surface area contributed by atoms with Crippen LogP contribution < -0.4 is 11.5 Å². The fourth-order valence-electron chi connectivity index (χ4n) is 2.69. The first-order valence-electron chi connectivity index (χ1n) is 6.34. The number of H-pyrrole nitrogens is 1. The molecule has 0 amide bonds. The molecule has 3 N–H and O–H groups in total. The Kier molecular flexibility index (Phi) is 3.52. The van der Waals surface area contributed by atoms with Crippen molar-refractivity contribution in [1.29, 1.82) is 0 Å². The molecular formula is C14H21N3O2. The summed E-state index contributed by atoms with van der Waals surface area (Å²) in [6.07, 6.45) is 0. The highest BCUT2D eigenvalue weighted by Gasteiger charge is 2.31. The molecule has 2 rings (SSSR count). The van der Waals surface area contributed by atoms with E-state index in [1.54, 1.807) is 0 Å². The Morgan fingerprint density at radius 2 is 2.11 bits per heavy atom. The van der Waals surface area contributed by atoms with Gasteiger partial charge in [0.25, 0.3) is 0 Å². The second-order valence-corrected chi connectivity index (χ2v) is 5.83. The zero-order valence-electron chi connectivity index (χ0n) is 11.9. The van der Waals surface area contributed by atoms with E-state index in [0.29, 0.717) is 12.1 Å². The molecule has 5 nitrogen and oxygen atoms in total. The minimum absolute atomic E-state index is 0.0756. The first kappa shape index (κ1) is 13.8. The number of benzene rings is 1. The standard InChI is InChI=1S/C14H21N3O2/c1-14(2,8-15)12(17(3)4)9-5-6-10-11(7-9)19-13(18)16-10/h5-7,12H,8,15H2,1-4H3,(H,16,18). The Morgan fingerprint density at radius 3 is 2.68 bits per heavy atom. The van der Waals surface area contributed by atoms with Crippen molar-refractivity contribution in [3.8, 4) is 0 Å². The van der Waals surface area contributed by atoms with Crippen molar-refractivity contribution in [3.63, 3.8) is 0 Å². The second-order valence-electron chi connectivity index (χ2n) is 5.83. The van der Waals surface area contributed by atoms with Crippen LogP contribution in [0.25, 0.3) is 11.1 Å². The summed E-state index contributed by atoms with van der Waals surface area (Å²) in [5, 5.41) is 0. The largest absolute Gasteiger partial charge is 0.417 e. The number of nitrogens with one attached hydrogen (secondary N) is 1. The highest BCUT2D eigenvalue weighted by Crippen LogP contribution is 2.36. The summed E-state index contributed by atoms with van der Waals surface area (Å²) in [6.45, 7) is 4.84. The van der Waals surface area contributed by atoms with Crippen molar-refractivity contribution in [2.75, 3.05) is 20.6 Å². The SMILES string of the molecule is CN(C)C(c1ccc2[nH]c(=O)oc2c1)C(C)(C)CN. The lowest BCUT2D eigenvalue weighted by molar-refractivity contribution is 0.143. The Balaban J connectivity index is 2.53. The zero-order valence-corrected chi connectivity index (χ0v) is 11.9. The van der Waals surface area contributed by atoms with Gasteiger partial charge in [-0.1, -0.05) is 19.9 Å².